The number of nitrogens with one attached hydrogen (secondary N) is 1. The van der Waals surface area contributed by atoms with Crippen LogP contribution in [0.3, 0.4) is 0 Å². The van der Waals surface area contributed by atoms with Gasteiger partial charge in [-0.3, -0.25) is 9.59 Å². The van der Waals surface area contributed by atoms with E-state index in [1.807, 2.05) is 18.2 Å². The predicted octanol–water partition coefficient (Wildman–Crippen LogP) is 0.202. The van der Waals surface area contributed by atoms with Crippen molar-refractivity contribution in [3.8, 4) is 0 Å². The van der Waals surface area contributed by atoms with Crippen molar-refractivity contribution < 1.29 is 14.7 Å². The van der Waals surface area contributed by atoms with E-state index < -0.39 is 12.0 Å². The third-order valence-corrected chi connectivity index (χ3v) is 3.07. The van der Waals surface area contributed by atoms with Gasteiger partial charge in [0.25, 0.3) is 0 Å². The summed E-state index contributed by atoms with van der Waals surface area (Å²) in [6.45, 7) is 1.78. The zero-order valence-electron chi connectivity index (χ0n) is 10.4. The Morgan fingerprint density at radius 3 is 2.94 bits per heavy atom. The van der Waals surface area contributed by atoms with Crippen LogP contribution < -0.4 is 10.2 Å². The van der Waals surface area contributed by atoms with Gasteiger partial charge in [-0.05, 0) is 24.1 Å². The molecule has 18 heavy (non-hydrogen) atoms. The smallest absolute Gasteiger partial charge is 0.248 e. The summed E-state index contributed by atoms with van der Waals surface area (Å²) in [5.74, 6) is -0.321. The van der Waals surface area contributed by atoms with Crippen LogP contribution in [0.1, 0.15) is 18.1 Å². The molecule has 0 saturated carbocycles. The lowest BCUT2D eigenvalue weighted by atomic mass is 10.1. The molecule has 1 atom stereocenters. The Morgan fingerprint density at radius 1 is 1.56 bits per heavy atom. The van der Waals surface area contributed by atoms with Crippen LogP contribution in [-0.2, 0) is 22.6 Å². The first-order valence-corrected chi connectivity index (χ1v) is 5.83. The van der Waals surface area contributed by atoms with Gasteiger partial charge in [-0.2, -0.15) is 0 Å². The monoisotopic (exact) mass is 248 g/mol. The Bertz CT molecular complexity index is 497. The molecule has 0 bridgehead atoms. The lowest BCUT2D eigenvalue weighted by Crippen LogP contribution is -2.31. The van der Waals surface area contributed by atoms with Crippen LogP contribution in [0.5, 0.6) is 0 Å². The number of aliphatic hydroxyl groups is 1. The van der Waals surface area contributed by atoms with Crippen molar-refractivity contribution in [3.63, 3.8) is 0 Å². The fraction of sp³-hybridized carbons (Fsp3) is 0.385. The highest BCUT2D eigenvalue weighted by atomic mass is 16.3. The minimum atomic E-state index is -1.01. The van der Waals surface area contributed by atoms with Crippen molar-refractivity contribution >= 4 is 17.5 Å². The first-order chi connectivity index (χ1) is 8.49. The van der Waals surface area contributed by atoms with Crippen molar-refractivity contribution in [2.75, 3.05) is 11.9 Å². The highest BCUT2D eigenvalue weighted by Crippen LogP contribution is 2.28. The molecule has 0 radical (unpaired) electrons. The summed E-state index contributed by atoms with van der Waals surface area (Å²) in [6.07, 6.45) is -0.601. The molecular formula is C13H16N2O3. The Kier molecular flexibility index (Phi) is 3.34. The molecule has 96 valence electrons. The Hall–Kier alpha value is -1.88. The number of amides is 2. The summed E-state index contributed by atoms with van der Waals surface area (Å²) in [4.78, 5) is 24.4. The van der Waals surface area contributed by atoms with Gasteiger partial charge in [-0.25, -0.2) is 0 Å². The summed E-state index contributed by atoms with van der Waals surface area (Å²) in [7, 11) is 1.75. The highest BCUT2D eigenvalue weighted by Gasteiger charge is 2.23. The van der Waals surface area contributed by atoms with Crippen LogP contribution in [0, 0.1) is 0 Å². The van der Waals surface area contributed by atoms with Gasteiger partial charge in [0.2, 0.25) is 11.8 Å². The number of benzene rings is 1. The van der Waals surface area contributed by atoms with Crippen molar-refractivity contribution in [2.45, 2.75) is 26.0 Å². The number of carbonyl (C=O) groups is 2. The van der Waals surface area contributed by atoms with Gasteiger partial charge >= 0.3 is 0 Å². The Labute approximate surface area is 105 Å². The molecule has 5 heteroatoms. The summed E-state index contributed by atoms with van der Waals surface area (Å²) in [5.41, 5.74) is 2.82. The summed E-state index contributed by atoms with van der Waals surface area (Å²) < 4.78 is 0. The van der Waals surface area contributed by atoms with E-state index in [0.717, 1.165) is 16.8 Å². The Balaban J connectivity index is 2.07. The number of carbonyl (C=O) groups excluding carboxylic acids is 2. The molecule has 0 spiro atoms. The SMILES string of the molecule is CC(O)C(=O)NCc1ccc2c(c1)CC(=O)N2C. The van der Waals surface area contributed by atoms with Crippen LogP contribution >= 0.6 is 0 Å². The van der Waals surface area contributed by atoms with E-state index in [2.05, 4.69) is 5.32 Å². The average Bonchev–Trinajstić information content (AvgIpc) is 2.61. The van der Waals surface area contributed by atoms with Crippen molar-refractivity contribution in [2.24, 2.45) is 0 Å². The second kappa shape index (κ2) is 4.78. The lowest BCUT2D eigenvalue weighted by Gasteiger charge is -2.11. The van der Waals surface area contributed by atoms with Gasteiger partial charge in [-0.1, -0.05) is 12.1 Å². The van der Waals surface area contributed by atoms with Crippen LogP contribution in [0.2, 0.25) is 0 Å². The van der Waals surface area contributed by atoms with E-state index in [1.54, 1.807) is 11.9 Å². The van der Waals surface area contributed by atoms with Gasteiger partial charge in [0.15, 0.2) is 0 Å². The summed E-state index contributed by atoms with van der Waals surface area (Å²) >= 11 is 0. The molecule has 2 amide bonds. The molecule has 1 aromatic rings. The van der Waals surface area contributed by atoms with E-state index in [9.17, 15) is 9.59 Å². The van der Waals surface area contributed by atoms with E-state index in [-0.39, 0.29) is 5.91 Å². The first-order valence-electron chi connectivity index (χ1n) is 5.83. The number of hydrogen-bond acceptors (Lipinski definition) is 3. The zero-order valence-corrected chi connectivity index (χ0v) is 10.4. The van der Waals surface area contributed by atoms with Gasteiger partial charge in [-0.15, -0.1) is 0 Å². The van der Waals surface area contributed by atoms with Crippen LogP contribution in [0.25, 0.3) is 0 Å². The number of hydrogen-bond donors (Lipinski definition) is 2. The van der Waals surface area contributed by atoms with Crippen molar-refractivity contribution in [3.05, 3.63) is 29.3 Å². The maximum absolute atomic E-state index is 11.5. The normalized spacial score (nSPS) is 15.5. The number of rotatable bonds is 3. The fourth-order valence-corrected chi connectivity index (χ4v) is 1.97. The van der Waals surface area contributed by atoms with E-state index in [0.29, 0.717) is 13.0 Å². The van der Waals surface area contributed by atoms with Crippen LogP contribution in [0.4, 0.5) is 5.69 Å². The molecule has 0 aliphatic carbocycles. The molecule has 1 heterocycles. The minimum absolute atomic E-state index is 0.0789. The standard InChI is InChI=1S/C13H16N2O3/c1-8(16)13(18)14-7-9-3-4-11-10(5-9)6-12(17)15(11)2/h3-5,8,16H,6-7H2,1-2H3,(H,14,18). The summed E-state index contributed by atoms with van der Waals surface area (Å²) in [6, 6.07) is 5.67. The van der Waals surface area contributed by atoms with Gasteiger partial charge < -0.3 is 15.3 Å². The maximum atomic E-state index is 11.5. The van der Waals surface area contributed by atoms with Crippen LogP contribution in [-0.4, -0.2) is 30.1 Å². The van der Waals surface area contributed by atoms with Gasteiger partial charge in [0, 0.05) is 19.3 Å². The molecule has 1 aromatic carbocycles. The number of aliphatic hydroxyl groups excluding tert-OH is 1. The Morgan fingerprint density at radius 2 is 2.28 bits per heavy atom. The lowest BCUT2D eigenvalue weighted by molar-refractivity contribution is -0.128. The van der Waals surface area contributed by atoms with E-state index in [1.165, 1.54) is 6.92 Å². The van der Waals surface area contributed by atoms with Crippen LogP contribution in [0.15, 0.2) is 18.2 Å². The molecule has 0 aromatic heterocycles. The van der Waals surface area contributed by atoms with Crippen molar-refractivity contribution in [1.82, 2.24) is 5.32 Å². The second-order valence-electron chi connectivity index (χ2n) is 4.49. The highest BCUT2D eigenvalue weighted by molar-refractivity contribution is 6.00. The van der Waals surface area contributed by atoms with E-state index >= 15 is 0 Å². The number of anilines is 1. The van der Waals surface area contributed by atoms with Gasteiger partial charge in [0.1, 0.15) is 6.10 Å². The number of likely N-dealkylation sites (N-methyl/N-ethyl adjacent to an activating group) is 1. The largest absolute Gasteiger partial charge is 0.384 e. The average molecular weight is 248 g/mol. The molecule has 5 nitrogen and oxygen atoms in total. The quantitative estimate of drug-likeness (QED) is 0.803. The summed E-state index contributed by atoms with van der Waals surface area (Å²) in [5, 5.41) is 11.7. The maximum Gasteiger partial charge on any atom is 0.248 e. The molecule has 0 saturated heterocycles. The van der Waals surface area contributed by atoms with E-state index in [4.69, 9.17) is 5.11 Å². The molecular weight excluding hydrogens is 232 g/mol. The predicted molar refractivity (Wildman–Crippen MR) is 67.1 cm³/mol. The fourth-order valence-electron chi connectivity index (χ4n) is 1.97. The molecule has 0 fully saturated rings. The third-order valence-electron chi connectivity index (χ3n) is 3.07. The second-order valence-corrected chi connectivity index (χ2v) is 4.49. The molecule has 1 unspecified atom stereocenters. The molecule has 2 rings (SSSR count). The number of fused-ring (bicyclic) bond motifs is 1. The minimum Gasteiger partial charge on any atom is -0.384 e. The van der Waals surface area contributed by atoms with Crippen molar-refractivity contribution in [1.29, 1.82) is 0 Å². The molecule has 2 N–H and O–H groups in total. The zero-order chi connectivity index (χ0) is 13.3. The topological polar surface area (TPSA) is 69.6 Å². The molecule has 1 aliphatic rings. The third kappa shape index (κ3) is 2.36. The first kappa shape index (κ1) is 12.6. The van der Waals surface area contributed by atoms with Gasteiger partial charge in [0.05, 0.1) is 6.42 Å². The number of nitrogens with zero attached hydrogens (tertiary/aromatic N) is 1. The molecule has 1 aliphatic heterocycles.